The molecule has 0 amide bonds. The van der Waals surface area contributed by atoms with Gasteiger partial charge in [0.25, 0.3) is 0 Å². The van der Waals surface area contributed by atoms with Crippen molar-refractivity contribution in [2.75, 3.05) is 25.1 Å². The van der Waals surface area contributed by atoms with Crippen molar-refractivity contribution in [2.24, 2.45) is 4.99 Å². The number of piperidine rings is 1. The third-order valence-corrected chi connectivity index (χ3v) is 4.84. The van der Waals surface area contributed by atoms with Crippen LogP contribution in [0.4, 0.5) is 11.4 Å². The van der Waals surface area contributed by atoms with Crippen molar-refractivity contribution in [2.45, 2.75) is 19.3 Å². The van der Waals surface area contributed by atoms with Crippen molar-refractivity contribution in [3.05, 3.63) is 51.6 Å². The standard InChI is InChI=1S/C19H21IN2O/c1-23-19-13-18(22-11-3-2-4-12-22)10-5-15(19)14-21-17-8-6-16(20)7-9-17/h5-10,13-14H,2-4,11-12H2,1H3. The molecule has 3 nitrogen and oxygen atoms in total. The minimum Gasteiger partial charge on any atom is -0.496 e. The van der Waals surface area contributed by atoms with Gasteiger partial charge in [-0.1, -0.05) is 0 Å². The molecular formula is C19H21IN2O. The second-order valence-corrected chi connectivity index (χ2v) is 6.95. The Morgan fingerprint density at radius 1 is 1.04 bits per heavy atom. The van der Waals surface area contributed by atoms with Gasteiger partial charge in [-0.15, -0.1) is 0 Å². The van der Waals surface area contributed by atoms with E-state index in [4.69, 9.17) is 4.74 Å². The van der Waals surface area contributed by atoms with Gasteiger partial charge in [-0.05, 0) is 78.3 Å². The molecule has 3 rings (SSSR count). The lowest BCUT2D eigenvalue weighted by atomic mass is 10.1. The summed E-state index contributed by atoms with van der Waals surface area (Å²) in [6.07, 6.45) is 5.77. The van der Waals surface area contributed by atoms with Crippen molar-refractivity contribution in [1.29, 1.82) is 0 Å². The third kappa shape index (κ3) is 4.25. The molecule has 0 spiro atoms. The van der Waals surface area contributed by atoms with Crippen LogP contribution in [0.2, 0.25) is 0 Å². The average molecular weight is 420 g/mol. The zero-order valence-corrected chi connectivity index (χ0v) is 15.5. The van der Waals surface area contributed by atoms with E-state index in [1.807, 2.05) is 18.3 Å². The first kappa shape index (κ1) is 16.3. The molecule has 0 aliphatic carbocycles. The minimum atomic E-state index is 0.877. The molecule has 2 aromatic carbocycles. The highest BCUT2D eigenvalue weighted by molar-refractivity contribution is 14.1. The summed E-state index contributed by atoms with van der Waals surface area (Å²) in [5, 5.41) is 0. The van der Waals surface area contributed by atoms with Crippen molar-refractivity contribution in [3.8, 4) is 5.75 Å². The zero-order valence-electron chi connectivity index (χ0n) is 13.3. The van der Waals surface area contributed by atoms with Crippen LogP contribution >= 0.6 is 22.6 Å². The molecule has 0 saturated carbocycles. The van der Waals surface area contributed by atoms with Crippen LogP contribution in [0.1, 0.15) is 24.8 Å². The quantitative estimate of drug-likeness (QED) is 0.512. The lowest BCUT2D eigenvalue weighted by Gasteiger charge is -2.29. The first-order valence-corrected chi connectivity index (χ1v) is 9.07. The molecule has 120 valence electrons. The summed E-state index contributed by atoms with van der Waals surface area (Å²) in [7, 11) is 1.72. The number of aliphatic imine (C=N–C) groups is 1. The first-order chi connectivity index (χ1) is 11.3. The number of benzene rings is 2. The van der Waals surface area contributed by atoms with Gasteiger partial charge in [0.05, 0.1) is 12.8 Å². The fourth-order valence-electron chi connectivity index (χ4n) is 2.83. The van der Waals surface area contributed by atoms with Gasteiger partial charge in [-0.3, -0.25) is 4.99 Å². The molecular weight excluding hydrogens is 399 g/mol. The number of rotatable bonds is 4. The maximum Gasteiger partial charge on any atom is 0.129 e. The Labute approximate surface area is 151 Å². The summed E-state index contributed by atoms with van der Waals surface area (Å²) in [6, 6.07) is 14.6. The molecule has 4 heteroatoms. The molecule has 0 unspecified atom stereocenters. The van der Waals surface area contributed by atoms with Crippen molar-refractivity contribution < 1.29 is 4.74 Å². The Bertz CT molecular complexity index is 676. The average Bonchev–Trinajstić information content (AvgIpc) is 2.62. The Morgan fingerprint density at radius 2 is 1.78 bits per heavy atom. The van der Waals surface area contributed by atoms with E-state index in [1.54, 1.807) is 7.11 Å². The van der Waals surface area contributed by atoms with Crippen molar-refractivity contribution in [1.82, 2.24) is 0 Å². The van der Waals surface area contributed by atoms with Crippen LogP contribution in [-0.4, -0.2) is 26.4 Å². The highest BCUT2D eigenvalue weighted by Crippen LogP contribution is 2.27. The van der Waals surface area contributed by atoms with E-state index in [-0.39, 0.29) is 0 Å². The summed E-state index contributed by atoms with van der Waals surface area (Å²) >= 11 is 2.30. The van der Waals surface area contributed by atoms with Crippen molar-refractivity contribution in [3.63, 3.8) is 0 Å². The fourth-order valence-corrected chi connectivity index (χ4v) is 3.19. The largest absolute Gasteiger partial charge is 0.496 e. The molecule has 23 heavy (non-hydrogen) atoms. The van der Waals surface area contributed by atoms with Crippen molar-refractivity contribution >= 4 is 40.2 Å². The summed E-state index contributed by atoms with van der Waals surface area (Å²) in [6.45, 7) is 2.28. The van der Waals surface area contributed by atoms with Crippen LogP contribution in [0, 0.1) is 3.57 Å². The van der Waals surface area contributed by atoms with Crippen LogP contribution in [0.15, 0.2) is 47.5 Å². The van der Waals surface area contributed by atoms with Crippen LogP contribution < -0.4 is 9.64 Å². The normalized spacial score (nSPS) is 15.1. The van der Waals surface area contributed by atoms with E-state index in [0.29, 0.717) is 0 Å². The number of hydrogen-bond acceptors (Lipinski definition) is 3. The third-order valence-electron chi connectivity index (χ3n) is 4.12. The van der Waals surface area contributed by atoms with Crippen LogP contribution in [0.5, 0.6) is 5.75 Å². The molecule has 0 N–H and O–H groups in total. The van der Waals surface area contributed by atoms with Gasteiger partial charge in [0.1, 0.15) is 5.75 Å². The molecule has 1 heterocycles. The summed E-state index contributed by atoms with van der Waals surface area (Å²) in [5.74, 6) is 0.877. The van der Waals surface area contributed by atoms with Gasteiger partial charge in [0.15, 0.2) is 0 Å². The topological polar surface area (TPSA) is 24.8 Å². The van der Waals surface area contributed by atoms with Gasteiger partial charge in [0, 0.05) is 40.2 Å². The molecule has 0 bridgehead atoms. The molecule has 2 aromatic rings. The zero-order chi connectivity index (χ0) is 16.1. The number of nitrogens with zero attached hydrogens (tertiary/aromatic N) is 2. The first-order valence-electron chi connectivity index (χ1n) is 7.99. The molecule has 1 aliphatic rings. The second-order valence-electron chi connectivity index (χ2n) is 5.71. The van der Waals surface area contributed by atoms with Crippen LogP contribution in [0.3, 0.4) is 0 Å². The number of halogens is 1. The van der Waals surface area contributed by atoms with Crippen LogP contribution in [-0.2, 0) is 0 Å². The van der Waals surface area contributed by atoms with Gasteiger partial charge >= 0.3 is 0 Å². The molecule has 0 aromatic heterocycles. The van der Waals surface area contributed by atoms with E-state index < -0.39 is 0 Å². The maximum atomic E-state index is 5.57. The van der Waals surface area contributed by atoms with E-state index in [1.165, 1.54) is 28.5 Å². The highest BCUT2D eigenvalue weighted by Gasteiger charge is 2.12. The Balaban J connectivity index is 1.80. The molecule has 1 aliphatic heterocycles. The van der Waals surface area contributed by atoms with Gasteiger partial charge < -0.3 is 9.64 Å². The van der Waals surface area contributed by atoms with E-state index >= 15 is 0 Å². The van der Waals surface area contributed by atoms with E-state index in [0.717, 1.165) is 30.1 Å². The second kappa shape index (κ2) is 7.81. The Morgan fingerprint density at radius 3 is 2.48 bits per heavy atom. The fraction of sp³-hybridized carbons (Fsp3) is 0.316. The number of hydrogen-bond donors (Lipinski definition) is 0. The number of ether oxygens (including phenoxy) is 1. The molecule has 0 atom stereocenters. The summed E-state index contributed by atoms with van der Waals surface area (Å²) in [5.41, 5.74) is 3.20. The molecule has 1 saturated heterocycles. The number of methoxy groups -OCH3 is 1. The summed E-state index contributed by atoms with van der Waals surface area (Å²) < 4.78 is 6.78. The monoisotopic (exact) mass is 420 g/mol. The van der Waals surface area contributed by atoms with Gasteiger partial charge in [-0.2, -0.15) is 0 Å². The molecule has 0 radical (unpaired) electrons. The summed E-state index contributed by atoms with van der Waals surface area (Å²) in [4.78, 5) is 6.98. The Kier molecular flexibility index (Phi) is 5.54. The van der Waals surface area contributed by atoms with E-state index in [9.17, 15) is 0 Å². The highest BCUT2D eigenvalue weighted by atomic mass is 127. The smallest absolute Gasteiger partial charge is 0.129 e. The lowest BCUT2D eigenvalue weighted by molar-refractivity contribution is 0.414. The van der Waals surface area contributed by atoms with Gasteiger partial charge in [-0.25, -0.2) is 0 Å². The Hall–Kier alpha value is -1.56. The molecule has 1 fully saturated rings. The van der Waals surface area contributed by atoms with Crippen LogP contribution in [0.25, 0.3) is 0 Å². The predicted octanol–water partition coefficient (Wildman–Crippen LogP) is 5.04. The maximum absolute atomic E-state index is 5.57. The minimum absolute atomic E-state index is 0.877. The SMILES string of the molecule is COc1cc(N2CCCCC2)ccc1C=Nc1ccc(I)cc1. The van der Waals surface area contributed by atoms with E-state index in [2.05, 4.69) is 62.8 Å². The number of anilines is 1. The van der Waals surface area contributed by atoms with Gasteiger partial charge in [0.2, 0.25) is 0 Å². The predicted molar refractivity (Wildman–Crippen MR) is 105 cm³/mol. The lowest BCUT2D eigenvalue weighted by Crippen LogP contribution is -2.29.